The van der Waals surface area contributed by atoms with Gasteiger partial charge in [-0.2, -0.15) is 5.26 Å². The number of nitrogens with two attached hydrogens (primary N) is 1. The van der Waals surface area contributed by atoms with Gasteiger partial charge in [0.15, 0.2) is 0 Å². The summed E-state index contributed by atoms with van der Waals surface area (Å²) in [6.45, 7) is 0. The average Bonchev–Trinajstić information content (AvgIpc) is 2.77. The summed E-state index contributed by atoms with van der Waals surface area (Å²) in [5.74, 6) is -1.000. The summed E-state index contributed by atoms with van der Waals surface area (Å²) in [4.78, 5) is 22.1. The Balaban J connectivity index is 2.30. The van der Waals surface area contributed by atoms with Crippen LogP contribution in [0.4, 0.5) is 0 Å². The van der Waals surface area contributed by atoms with E-state index >= 15 is 0 Å². The standard InChI is InChI=1S/C11H17N3O3S/c12-7-11(3-1-2-4-11)14-9(15)6-18-5-8(13)10(16)17/h8H,1-6,13H2,(H,14,15)(H,16,17)/t8-/m0/s1. The molecule has 0 unspecified atom stereocenters. The van der Waals surface area contributed by atoms with E-state index in [-0.39, 0.29) is 17.4 Å². The highest BCUT2D eigenvalue weighted by atomic mass is 32.2. The minimum Gasteiger partial charge on any atom is -0.480 e. The van der Waals surface area contributed by atoms with Crippen LogP contribution in [0.5, 0.6) is 0 Å². The summed E-state index contributed by atoms with van der Waals surface area (Å²) >= 11 is 1.16. The topological polar surface area (TPSA) is 116 Å². The smallest absolute Gasteiger partial charge is 0.321 e. The molecule has 0 bridgehead atoms. The van der Waals surface area contributed by atoms with E-state index in [0.29, 0.717) is 12.8 Å². The van der Waals surface area contributed by atoms with Crippen LogP contribution in [0, 0.1) is 11.3 Å². The zero-order valence-corrected chi connectivity index (χ0v) is 10.8. The lowest BCUT2D eigenvalue weighted by atomic mass is 10.0. The van der Waals surface area contributed by atoms with Gasteiger partial charge in [-0.05, 0) is 25.7 Å². The van der Waals surface area contributed by atoms with Crippen molar-refractivity contribution in [1.29, 1.82) is 5.26 Å². The molecule has 0 saturated heterocycles. The zero-order valence-electron chi connectivity index (χ0n) is 10.0. The number of nitrogens with one attached hydrogen (secondary N) is 1. The van der Waals surface area contributed by atoms with Crippen molar-refractivity contribution in [1.82, 2.24) is 5.32 Å². The largest absolute Gasteiger partial charge is 0.480 e. The van der Waals surface area contributed by atoms with Crippen molar-refractivity contribution in [3.63, 3.8) is 0 Å². The van der Waals surface area contributed by atoms with Crippen molar-refractivity contribution in [2.24, 2.45) is 5.73 Å². The lowest BCUT2D eigenvalue weighted by Gasteiger charge is -2.21. The fourth-order valence-corrected chi connectivity index (χ4v) is 2.67. The molecule has 1 fully saturated rings. The Hall–Kier alpha value is -1.26. The molecule has 18 heavy (non-hydrogen) atoms. The zero-order chi connectivity index (χ0) is 13.6. The lowest BCUT2D eigenvalue weighted by Crippen LogP contribution is -2.46. The molecule has 6 nitrogen and oxygen atoms in total. The summed E-state index contributed by atoms with van der Waals surface area (Å²) < 4.78 is 0. The predicted molar refractivity (Wildman–Crippen MR) is 67.9 cm³/mol. The number of thioether (sulfide) groups is 1. The summed E-state index contributed by atoms with van der Waals surface area (Å²) in [6.07, 6.45) is 3.28. The summed E-state index contributed by atoms with van der Waals surface area (Å²) in [7, 11) is 0. The minimum absolute atomic E-state index is 0.129. The fourth-order valence-electron chi connectivity index (χ4n) is 1.90. The van der Waals surface area contributed by atoms with Crippen LogP contribution < -0.4 is 11.1 Å². The number of carboxylic acid groups (broad SMARTS) is 1. The van der Waals surface area contributed by atoms with Gasteiger partial charge in [0.1, 0.15) is 11.6 Å². The molecular weight excluding hydrogens is 254 g/mol. The van der Waals surface area contributed by atoms with Crippen molar-refractivity contribution >= 4 is 23.6 Å². The molecule has 0 aromatic heterocycles. The van der Waals surface area contributed by atoms with Gasteiger partial charge < -0.3 is 16.2 Å². The maximum absolute atomic E-state index is 11.6. The summed E-state index contributed by atoms with van der Waals surface area (Å²) in [5.41, 5.74) is 4.60. The van der Waals surface area contributed by atoms with Crippen molar-refractivity contribution in [2.45, 2.75) is 37.3 Å². The third-order valence-electron chi connectivity index (χ3n) is 2.90. The Kier molecular flexibility index (Phi) is 5.44. The van der Waals surface area contributed by atoms with E-state index in [0.717, 1.165) is 24.6 Å². The van der Waals surface area contributed by atoms with Gasteiger partial charge in [-0.25, -0.2) is 0 Å². The third-order valence-corrected chi connectivity index (χ3v) is 3.96. The number of hydrogen-bond acceptors (Lipinski definition) is 5. The number of carbonyl (C=O) groups excluding carboxylic acids is 1. The lowest BCUT2D eigenvalue weighted by molar-refractivity contribution is -0.138. The van der Waals surface area contributed by atoms with Gasteiger partial charge in [0.2, 0.25) is 5.91 Å². The molecule has 1 saturated carbocycles. The van der Waals surface area contributed by atoms with Crippen LogP contribution >= 0.6 is 11.8 Å². The molecule has 1 rings (SSSR count). The van der Waals surface area contributed by atoms with E-state index in [1.165, 1.54) is 0 Å². The van der Waals surface area contributed by atoms with E-state index < -0.39 is 17.6 Å². The molecule has 1 atom stereocenters. The van der Waals surface area contributed by atoms with E-state index in [4.69, 9.17) is 16.1 Å². The predicted octanol–water partition coefficient (Wildman–Crippen LogP) is 0.0841. The first-order valence-corrected chi connectivity index (χ1v) is 6.93. The highest BCUT2D eigenvalue weighted by Gasteiger charge is 2.35. The molecule has 1 aliphatic carbocycles. The molecule has 0 aromatic carbocycles. The molecule has 1 aliphatic rings. The number of nitriles is 1. The average molecular weight is 271 g/mol. The van der Waals surface area contributed by atoms with Crippen LogP contribution in [0.25, 0.3) is 0 Å². The normalized spacial score (nSPS) is 18.9. The fraction of sp³-hybridized carbons (Fsp3) is 0.727. The van der Waals surface area contributed by atoms with E-state index in [2.05, 4.69) is 11.4 Å². The van der Waals surface area contributed by atoms with Gasteiger partial charge in [-0.15, -0.1) is 11.8 Å². The van der Waals surface area contributed by atoms with Crippen LogP contribution in [0.2, 0.25) is 0 Å². The van der Waals surface area contributed by atoms with E-state index in [1.54, 1.807) is 0 Å². The number of carbonyl (C=O) groups is 2. The van der Waals surface area contributed by atoms with Gasteiger partial charge in [-0.3, -0.25) is 9.59 Å². The number of aliphatic carboxylic acids is 1. The molecule has 0 radical (unpaired) electrons. The van der Waals surface area contributed by atoms with Gasteiger partial charge in [0.25, 0.3) is 0 Å². The number of rotatable bonds is 6. The molecule has 0 spiro atoms. The van der Waals surface area contributed by atoms with Crippen molar-refractivity contribution in [2.75, 3.05) is 11.5 Å². The van der Waals surface area contributed by atoms with Crippen molar-refractivity contribution in [3.8, 4) is 6.07 Å². The Bertz CT molecular complexity index is 361. The summed E-state index contributed by atoms with van der Waals surface area (Å²) in [6, 6.07) is 1.21. The molecule has 0 heterocycles. The number of amides is 1. The second kappa shape index (κ2) is 6.61. The minimum atomic E-state index is -1.08. The second-order valence-corrected chi connectivity index (χ2v) is 5.44. The van der Waals surface area contributed by atoms with E-state index in [9.17, 15) is 9.59 Å². The Morgan fingerprint density at radius 1 is 1.50 bits per heavy atom. The number of nitrogens with zero attached hydrogens (tertiary/aromatic N) is 1. The quantitative estimate of drug-likeness (QED) is 0.630. The maximum atomic E-state index is 11.6. The molecule has 4 N–H and O–H groups in total. The molecule has 0 aliphatic heterocycles. The Morgan fingerprint density at radius 2 is 2.11 bits per heavy atom. The van der Waals surface area contributed by atoms with Crippen LogP contribution in [-0.4, -0.2) is 40.1 Å². The third kappa shape index (κ3) is 4.20. The first kappa shape index (κ1) is 14.8. The first-order valence-electron chi connectivity index (χ1n) is 5.77. The van der Waals surface area contributed by atoms with Gasteiger partial charge in [0, 0.05) is 5.75 Å². The molecular formula is C11H17N3O3S. The highest BCUT2D eigenvalue weighted by Crippen LogP contribution is 2.28. The second-order valence-electron chi connectivity index (χ2n) is 4.41. The Labute approximate surface area is 110 Å². The first-order chi connectivity index (χ1) is 8.49. The molecule has 1 amide bonds. The van der Waals surface area contributed by atoms with Crippen LogP contribution in [0.15, 0.2) is 0 Å². The molecule has 7 heteroatoms. The van der Waals surface area contributed by atoms with Crippen molar-refractivity contribution in [3.05, 3.63) is 0 Å². The van der Waals surface area contributed by atoms with Crippen LogP contribution in [0.3, 0.4) is 0 Å². The summed E-state index contributed by atoms with van der Waals surface area (Å²) in [5, 5.41) is 20.4. The highest BCUT2D eigenvalue weighted by molar-refractivity contribution is 8.00. The SMILES string of the molecule is N#CC1(NC(=O)CSC[C@H](N)C(=O)O)CCCC1. The van der Waals surface area contributed by atoms with Crippen LogP contribution in [-0.2, 0) is 9.59 Å². The van der Waals surface area contributed by atoms with Crippen LogP contribution in [0.1, 0.15) is 25.7 Å². The molecule has 100 valence electrons. The van der Waals surface area contributed by atoms with Gasteiger partial charge in [0.05, 0.1) is 11.8 Å². The molecule has 0 aromatic rings. The van der Waals surface area contributed by atoms with Gasteiger partial charge in [-0.1, -0.05) is 0 Å². The Morgan fingerprint density at radius 3 is 2.61 bits per heavy atom. The number of hydrogen-bond donors (Lipinski definition) is 3. The van der Waals surface area contributed by atoms with E-state index in [1.807, 2.05) is 0 Å². The number of carboxylic acids is 1. The monoisotopic (exact) mass is 271 g/mol. The van der Waals surface area contributed by atoms with Gasteiger partial charge >= 0.3 is 5.97 Å². The van der Waals surface area contributed by atoms with Crippen molar-refractivity contribution < 1.29 is 14.7 Å². The maximum Gasteiger partial charge on any atom is 0.321 e.